The van der Waals surface area contributed by atoms with E-state index < -0.39 is 5.97 Å². The van der Waals surface area contributed by atoms with Crippen molar-refractivity contribution < 1.29 is 28.6 Å². The van der Waals surface area contributed by atoms with Gasteiger partial charge in [-0.15, -0.1) is 0 Å². The number of nitrogens with zero attached hydrogens (tertiary/aromatic N) is 1. The Morgan fingerprint density at radius 3 is 2.40 bits per heavy atom. The van der Waals surface area contributed by atoms with Crippen molar-refractivity contribution in [2.75, 3.05) is 21.3 Å². The average Bonchev–Trinajstić information content (AvgIpc) is 2.94. The summed E-state index contributed by atoms with van der Waals surface area (Å²) in [6.45, 7) is 0. The van der Waals surface area contributed by atoms with Crippen molar-refractivity contribution in [3.8, 4) is 28.5 Å². The number of ether oxygens (including phenoxy) is 3. The molecule has 1 heterocycles. The number of hydrogen-bond donors (Lipinski definition) is 1. The molecule has 1 aromatic heterocycles. The first kappa shape index (κ1) is 13.7. The number of hydrogen-bond acceptors (Lipinski definition) is 6. The molecule has 0 unspecified atom stereocenters. The van der Waals surface area contributed by atoms with E-state index in [0.29, 0.717) is 22.8 Å². The molecule has 0 atom stereocenters. The van der Waals surface area contributed by atoms with E-state index in [2.05, 4.69) is 5.16 Å². The van der Waals surface area contributed by atoms with Gasteiger partial charge < -0.3 is 23.8 Å². The highest BCUT2D eigenvalue weighted by molar-refractivity contribution is 5.95. The van der Waals surface area contributed by atoms with Crippen molar-refractivity contribution in [2.24, 2.45) is 0 Å². The van der Waals surface area contributed by atoms with Gasteiger partial charge in [-0.05, 0) is 12.1 Å². The molecule has 7 heteroatoms. The number of methoxy groups -OCH3 is 3. The van der Waals surface area contributed by atoms with E-state index in [-0.39, 0.29) is 11.3 Å². The largest absolute Gasteiger partial charge is 0.493 e. The van der Waals surface area contributed by atoms with Crippen LogP contribution in [-0.2, 0) is 0 Å². The number of benzene rings is 1. The van der Waals surface area contributed by atoms with Crippen LogP contribution in [0.25, 0.3) is 11.3 Å². The van der Waals surface area contributed by atoms with E-state index in [1.165, 1.54) is 21.3 Å². The van der Waals surface area contributed by atoms with Crippen molar-refractivity contribution >= 4 is 5.97 Å². The molecule has 0 amide bonds. The Kier molecular flexibility index (Phi) is 3.79. The van der Waals surface area contributed by atoms with Crippen LogP contribution in [0.2, 0.25) is 0 Å². The number of carbonyl (C=O) groups is 1. The molecule has 0 radical (unpaired) electrons. The van der Waals surface area contributed by atoms with Gasteiger partial charge in [0.15, 0.2) is 11.5 Å². The van der Waals surface area contributed by atoms with Gasteiger partial charge >= 0.3 is 5.97 Å². The van der Waals surface area contributed by atoms with Crippen molar-refractivity contribution in [3.63, 3.8) is 0 Å². The Labute approximate surface area is 114 Å². The highest BCUT2D eigenvalue weighted by Crippen LogP contribution is 2.44. The molecule has 7 nitrogen and oxygen atoms in total. The predicted octanol–water partition coefficient (Wildman–Crippen LogP) is 2.07. The SMILES string of the molecule is COc1ccc(-c2nocc2C(=O)O)c(OC)c1OC. The first-order valence-corrected chi connectivity index (χ1v) is 5.61. The third kappa shape index (κ3) is 2.13. The van der Waals surface area contributed by atoms with Crippen molar-refractivity contribution in [2.45, 2.75) is 0 Å². The summed E-state index contributed by atoms with van der Waals surface area (Å²) in [5.41, 5.74) is 0.544. The summed E-state index contributed by atoms with van der Waals surface area (Å²) >= 11 is 0. The Morgan fingerprint density at radius 2 is 1.85 bits per heavy atom. The first-order valence-electron chi connectivity index (χ1n) is 5.61. The second-order valence-electron chi connectivity index (χ2n) is 3.76. The molecule has 1 aromatic carbocycles. The summed E-state index contributed by atoms with van der Waals surface area (Å²) in [7, 11) is 4.40. The van der Waals surface area contributed by atoms with Crippen LogP contribution in [0.15, 0.2) is 22.9 Å². The standard InChI is InChI=1S/C13H13NO6/c1-17-9-5-4-7(11(18-2)12(9)19-3)10-8(13(15)16)6-20-14-10/h4-6H,1-3H3,(H,15,16). The molecule has 0 aliphatic rings. The zero-order valence-corrected chi connectivity index (χ0v) is 11.2. The van der Waals surface area contributed by atoms with Crippen LogP contribution < -0.4 is 14.2 Å². The van der Waals surface area contributed by atoms with Crippen LogP contribution in [0.5, 0.6) is 17.2 Å². The minimum Gasteiger partial charge on any atom is -0.493 e. The summed E-state index contributed by atoms with van der Waals surface area (Å²) in [6.07, 6.45) is 1.06. The number of carboxylic acid groups (broad SMARTS) is 1. The smallest absolute Gasteiger partial charge is 0.341 e. The van der Waals surface area contributed by atoms with Crippen LogP contribution in [0.4, 0.5) is 0 Å². The lowest BCUT2D eigenvalue weighted by molar-refractivity contribution is 0.0697. The maximum absolute atomic E-state index is 11.1. The average molecular weight is 279 g/mol. The molecule has 2 rings (SSSR count). The van der Waals surface area contributed by atoms with E-state index in [4.69, 9.17) is 23.8 Å². The third-order valence-corrected chi connectivity index (χ3v) is 2.76. The number of aromatic nitrogens is 1. The summed E-state index contributed by atoms with van der Waals surface area (Å²) in [6, 6.07) is 3.27. The van der Waals surface area contributed by atoms with E-state index in [0.717, 1.165) is 6.26 Å². The molecule has 0 aliphatic carbocycles. The molecular formula is C13H13NO6. The number of carboxylic acids is 1. The highest BCUT2D eigenvalue weighted by Gasteiger charge is 2.23. The molecule has 1 N–H and O–H groups in total. The van der Waals surface area contributed by atoms with Crippen LogP contribution >= 0.6 is 0 Å². The van der Waals surface area contributed by atoms with Gasteiger partial charge in [-0.2, -0.15) is 0 Å². The zero-order chi connectivity index (χ0) is 14.7. The van der Waals surface area contributed by atoms with E-state index in [9.17, 15) is 4.79 Å². The lowest BCUT2D eigenvalue weighted by Gasteiger charge is -2.14. The minimum absolute atomic E-state index is 0.0597. The summed E-state index contributed by atoms with van der Waals surface area (Å²) in [5, 5.41) is 12.8. The summed E-state index contributed by atoms with van der Waals surface area (Å²) in [4.78, 5) is 11.1. The Morgan fingerprint density at radius 1 is 1.15 bits per heavy atom. The second kappa shape index (κ2) is 5.52. The van der Waals surface area contributed by atoms with E-state index in [1.54, 1.807) is 12.1 Å². The Hall–Kier alpha value is -2.70. The lowest BCUT2D eigenvalue weighted by Crippen LogP contribution is -2.00. The molecule has 0 spiro atoms. The number of aromatic carboxylic acids is 1. The molecule has 0 saturated heterocycles. The van der Waals surface area contributed by atoms with E-state index in [1.807, 2.05) is 0 Å². The molecule has 20 heavy (non-hydrogen) atoms. The van der Waals surface area contributed by atoms with Gasteiger partial charge in [-0.1, -0.05) is 5.16 Å². The maximum atomic E-state index is 11.1. The molecule has 106 valence electrons. The van der Waals surface area contributed by atoms with Crippen molar-refractivity contribution in [1.29, 1.82) is 0 Å². The Balaban J connectivity index is 2.68. The summed E-state index contributed by atoms with van der Waals surface area (Å²) in [5.74, 6) is 0.00152. The molecule has 2 aromatic rings. The first-order chi connectivity index (χ1) is 9.63. The molecular weight excluding hydrogens is 266 g/mol. The lowest BCUT2D eigenvalue weighted by atomic mass is 10.1. The predicted molar refractivity (Wildman–Crippen MR) is 68.6 cm³/mol. The molecule has 0 saturated carbocycles. The monoisotopic (exact) mass is 279 g/mol. The Bertz CT molecular complexity index is 634. The normalized spacial score (nSPS) is 10.2. The fourth-order valence-electron chi connectivity index (χ4n) is 1.87. The van der Waals surface area contributed by atoms with Gasteiger partial charge in [-0.25, -0.2) is 4.79 Å². The van der Waals surface area contributed by atoms with E-state index >= 15 is 0 Å². The maximum Gasteiger partial charge on any atom is 0.341 e. The highest BCUT2D eigenvalue weighted by atomic mass is 16.5. The van der Waals surface area contributed by atoms with Crippen LogP contribution in [0.1, 0.15) is 10.4 Å². The quantitative estimate of drug-likeness (QED) is 0.895. The number of rotatable bonds is 5. The van der Waals surface area contributed by atoms with Gasteiger partial charge in [0.25, 0.3) is 0 Å². The van der Waals surface area contributed by atoms with Gasteiger partial charge in [0.2, 0.25) is 5.75 Å². The van der Waals surface area contributed by atoms with Crippen molar-refractivity contribution in [1.82, 2.24) is 5.16 Å². The molecule has 0 aliphatic heterocycles. The van der Waals surface area contributed by atoms with Gasteiger partial charge in [0.1, 0.15) is 17.5 Å². The minimum atomic E-state index is -1.14. The topological polar surface area (TPSA) is 91.0 Å². The van der Waals surface area contributed by atoms with Gasteiger partial charge in [-0.3, -0.25) is 0 Å². The van der Waals surface area contributed by atoms with Crippen LogP contribution in [0.3, 0.4) is 0 Å². The fourth-order valence-corrected chi connectivity index (χ4v) is 1.87. The molecule has 0 fully saturated rings. The summed E-state index contributed by atoms with van der Waals surface area (Å²) < 4.78 is 20.4. The molecule has 0 bridgehead atoms. The zero-order valence-electron chi connectivity index (χ0n) is 11.2. The fraction of sp³-hybridized carbons (Fsp3) is 0.231. The van der Waals surface area contributed by atoms with Crippen molar-refractivity contribution in [3.05, 3.63) is 24.0 Å². The van der Waals surface area contributed by atoms with Crippen LogP contribution in [0, 0.1) is 0 Å². The van der Waals surface area contributed by atoms with Crippen LogP contribution in [-0.4, -0.2) is 37.6 Å². The van der Waals surface area contributed by atoms with Gasteiger partial charge in [0, 0.05) is 0 Å². The third-order valence-electron chi connectivity index (χ3n) is 2.76. The second-order valence-corrected chi connectivity index (χ2v) is 3.76. The van der Waals surface area contributed by atoms with Gasteiger partial charge in [0.05, 0.1) is 26.9 Å².